The standard InChI is InChI=1S/C22H17FN2/c1-15-5-7-16(8-6-15)21-14-19(20-4-2-3-13-24-20)22(25-21)17-9-11-18(23)12-10-17/h2-13H,14H2,1H3. The fourth-order valence-electron chi connectivity index (χ4n) is 3.01. The van der Waals surface area contributed by atoms with Crippen LogP contribution in [0.4, 0.5) is 4.39 Å². The molecule has 0 saturated heterocycles. The molecule has 0 N–H and O–H groups in total. The van der Waals surface area contributed by atoms with Gasteiger partial charge in [-0.25, -0.2) is 4.39 Å². The van der Waals surface area contributed by atoms with E-state index in [1.807, 2.05) is 18.2 Å². The summed E-state index contributed by atoms with van der Waals surface area (Å²) in [6.07, 6.45) is 2.50. The highest BCUT2D eigenvalue weighted by Crippen LogP contribution is 2.36. The first kappa shape index (κ1) is 15.5. The summed E-state index contributed by atoms with van der Waals surface area (Å²) in [5.74, 6) is -0.246. The molecule has 1 aromatic heterocycles. The molecule has 0 bridgehead atoms. The second-order valence-corrected chi connectivity index (χ2v) is 6.15. The summed E-state index contributed by atoms with van der Waals surface area (Å²) in [6, 6.07) is 20.7. The maximum atomic E-state index is 13.3. The van der Waals surface area contributed by atoms with Crippen molar-refractivity contribution in [2.75, 3.05) is 0 Å². The van der Waals surface area contributed by atoms with Gasteiger partial charge >= 0.3 is 0 Å². The highest BCUT2D eigenvalue weighted by Gasteiger charge is 2.22. The van der Waals surface area contributed by atoms with Gasteiger partial charge in [-0.05, 0) is 48.9 Å². The molecule has 122 valence electrons. The third kappa shape index (κ3) is 3.13. The Bertz CT molecular complexity index is 953. The number of hydrogen-bond donors (Lipinski definition) is 0. The summed E-state index contributed by atoms with van der Waals surface area (Å²) in [5, 5.41) is 0. The average molecular weight is 328 g/mol. The van der Waals surface area contributed by atoms with Gasteiger partial charge in [0.2, 0.25) is 0 Å². The highest BCUT2D eigenvalue weighted by atomic mass is 19.1. The van der Waals surface area contributed by atoms with E-state index in [4.69, 9.17) is 4.99 Å². The smallest absolute Gasteiger partial charge is 0.123 e. The zero-order valence-corrected chi connectivity index (χ0v) is 13.9. The predicted octanol–water partition coefficient (Wildman–Crippen LogP) is 5.29. The van der Waals surface area contributed by atoms with E-state index in [0.717, 1.165) is 33.8 Å². The van der Waals surface area contributed by atoms with Crippen LogP contribution in [0.5, 0.6) is 0 Å². The monoisotopic (exact) mass is 328 g/mol. The van der Waals surface area contributed by atoms with Crippen LogP contribution in [-0.2, 0) is 0 Å². The van der Waals surface area contributed by atoms with Gasteiger partial charge in [0.25, 0.3) is 0 Å². The Balaban J connectivity index is 1.80. The summed E-state index contributed by atoms with van der Waals surface area (Å²) in [5.41, 5.74) is 7.10. The maximum absolute atomic E-state index is 13.3. The number of hydrogen-bond acceptors (Lipinski definition) is 2. The number of aliphatic imine (C=N–C) groups is 1. The molecule has 0 fully saturated rings. The van der Waals surface area contributed by atoms with Gasteiger partial charge < -0.3 is 0 Å². The van der Waals surface area contributed by atoms with Gasteiger partial charge in [-0.3, -0.25) is 9.98 Å². The number of aryl methyl sites for hydroxylation is 1. The van der Waals surface area contributed by atoms with Crippen molar-refractivity contribution in [3.8, 4) is 0 Å². The lowest BCUT2D eigenvalue weighted by Gasteiger charge is -2.06. The number of aromatic nitrogens is 1. The SMILES string of the molecule is Cc1ccc(C2=NC(c3ccc(F)cc3)=C(c3ccccn3)C2)cc1. The normalized spacial score (nSPS) is 13.9. The molecular formula is C22H17FN2. The first-order chi connectivity index (χ1) is 12.2. The molecule has 0 aliphatic carbocycles. The third-order valence-electron chi connectivity index (χ3n) is 4.35. The molecule has 1 aliphatic rings. The van der Waals surface area contributed by atoms with Crippen molar-refractivity contribution in [2.24, 2.45) is 4.99 Å². The molecule has 0 amide bonds. The number of halogens is 1. The van der Waals surface area contributed by atoms with Crippen LogP contribution in [0.2, 0.25) is 0 Å². The Morgan fingerprint density at radius 3 is 2.24 bits per heavy atom. The molecule has 3 heteroatoms. The van der Waals surface area contributed by atoms with Gasteiger partial charge in [0.1, 0.15) is 5.82 Å². The average Bonchev–Trinajstić information content (AvgIpc) is 3.09. The van der Waals surface area contributed by atoms with Gasteiger partial charge in [-0.2, -0.15) is 0 Å². The van der Waals surface area contributed by atoms with Gasteiger partial charge in [-0.1, -0.05) is 35.9 Å². The Kier molecular flexibility index (Phi) is 3.98. The molecule has 4 rings (SSSR count). The molecule has 25 heavy (non-hydrogen) atoms. The van der Waals surface area contributed by atoms with Crippen LogP contribution in [0.25, 0.3) is 11.3 Å². The maximum Gasteiger partial charge on any atom is 0.123 e. The summed E-state index contributed by atoms with van der Waals surface area (Å²) in [6.45, 7) is 2.07. The van der Waals surface area contributed by atoms with Crippen LogP contribution < -0.4 is 0 Å². The molecule has 1 aliphatic heterocycles. The summed E-state index contributed by atoms with van der Waals surface area (Å²) < 4.78 is 13.3. The minimum atomic E-state index is -0.246. The number of pyridine rings is 1. The van der Waals surface area contributed by atoms with Gasteiger partial charge in [0, 0.05) is 23.8 Å². The van der Waals surface area contributed by atoms with Crippen LogP contribution in [0, 0.1) is 12.7 Å². The van der Waals surface area contributed by atoms with Crippen LogP contribution in [0.3, 0.4) is 0 Å². The largest absolute Gasteiger partial charge is 0.257 e. The van der Waals surface area contributed by atoms with Crippen LogP contribution in [0.15, 0.2) is 77.9 Å². The quantitative estimate of drug-likeness (QED) is 0.641. The van der Waals surface area contributed by atoms with Crippen molar-refractivity contribution >= 4 is 17.0 Å². The first-order valence-corrected chi connectivity index (χ1v) is 8.26. The Labute approximate surface area is 146 Å². The number of benzene rings is 2. The van der Waals surface area contributed by atoms with Crippen LogP contribution >= 0.6 is 0 Å². The zero-order chi connectivity index (χ0) is 17.2. The van der Waals surface area contributed by atoms with Crippen molar-refractivity contribution in [3.05, 3.63) is 101 Å². The third-order valence-corrected chi connectivity index (χ3v) is 4.35. The Morgan fingerprint density at radius 1 is 0.840 bits per heavy atom. The molecule has 0 unspecified atom stereocenters. The molecule has 2 aromatic carbocycles. The minimum absolute atomic E-state index is 0.246. The topological polar surface area (TPSA) is 25.2 Å². The van der Waals surface area contributed by atoms with Crippen LogP contribution in [-0.4, -0.2) is 10.7 Å². The predicted molar refractivity (Wildman–Crippen MR) is 99.8 cm³/mol. The number of rotatable bonds is 3. The number of nitrogens with zero attached hydrogens (tertiary/aromatic N) is 2. The summed E-state index contributed by atoms with van der Waals surface area (Å²) in [4.78, 5) is 9.37. The summed E-state index contributed by atoms with van der Waals surface area (Å²) >= 11 is 0. The lowest BCUT2D eigenvalue weighted by Crippen LogP contribution is -1.98. The van der Waals surface area contributed by atoms with E-state index in [9.17, 15) is 4.39 Å². The van der Waals surface area contributed by atoms with E-state index in [1.54, 1.807) is 18.3 Å². The fourth-order valence-corrected chi connectivity index (χ4v) is 3.01. The van der Waals surface area contributed by atoms with E-state index in [-0.39, 0.29) is 5.82 Å². The lowest BCUT2D eigenvalue weighted by atomic mass is 9.99. The highest BCUT2D eigenvalue weighted by molar-refractivity contribution is 6.16. The van der Waals surface area contributed by atoms with E-state index < -0.39 is 0 Å². The molecule has 0 spiro atoms. The van der Waals surface area contributed by atoms with E-state index in [0.29, 0.717) is 6.42 Å². The molecule has 0 atom stereocenters. The van der Waals surface area contributed by atoms with Crippen molar-refractivity contribution in [2.45, 2.75) is 13.3 Å². The lowest BCUT2D eigenvalue weighted by molar-refractivity contribution is 0.627. The van der Waals surface area contributed by atoms with Crippen LogP contribution in [0.1, 0.15) is 28.8 Å². The zero-order valence-electron chi connectivity index (χ0n) is 13.9. The Morgan fingerprint density at radius 2 is 1.56 bits per heavy atom. The van der Waals surface area contributed by atoms with E-state index >= 15 is 0 Å². The van der Waals surface area contributed by atoms with Crippen molar-refractivity contribution in [1.82, 2.24) is 4.98 Å². The van der Waals surface area contributed by atoms with Gasteiger partial charge in [0.15, 0.2) is 0 Å². The molecule has 2 nitrogen and oxygen atoms in total. The molecule has 2 heterocycles. The van der Waals surface area contributed by atoms with Gasteiger partial charge in [-0.15, -0.1) is 0 Å². The second-order valence-electron chi connectivity index (χ2n) is 6.15. The fraction of sp³-hybridized carbons (Fsp3) is 0.0909. The molecule has 3 aromatic rings. The Hall–Kier alpha value is -3.07. The summed E-state index contributed by atoms with van der Waals surface area (Å²) in [7, 11) is 0. The second kappa shape index (κ2) is 6.44. The molecule has 0 radical (unpaired) electrons. The molecular weight excluding hydrogens is 311 g/mol. The van der Waals surface area contributed by atoms with E-state index in [1.165, 1.54) is 17.7 Å². The van der Waals surface area contributed by atoms with E-state index in [2.05, 4.69) is 36.2 Å². The van der Waals surface area contributed by atoms with Gasteiger partial charge in [0.05, 0.1) is 17.1 Å². The molecule has 0 saturated carbocycles. The first-order valence-electron chi connectivity index (χ1n) is 8.26. The van der Waals surface area contributed by atoms with Crippen molar-refractivity contribution < 1.29 is 4.39 Å². The number of allylic oxidation sites excluding steroid dienone is 1. The van der Waals surface area contributed by atoms with Crippen molar-refractivity contribution in [1.29, 1.82) is 0 Å². The minimum Gasteiger partial charge on any atom is -0.257 e. The van der Waals surface area contributed by atoms with Crippen molar-refractivity contribution in [3.63, 3.8) is 0 Å².